The molecule has 2 aromatic carbocycles. The number of unbranched alkanes of at least 4 members (excludes halogenated alkanes) is 1. The fourth-order valence-electron chi connectivity index (χ4n) is 3.11. The zero-order valence-electron chi connectivity index (χ0n) is 17.9. The van der Waals surface area contributed by atoms with Gasteiger partial charge in [-0.05, 0) is 49.7 Å². The molecular weight excluding hydrogens is 396 g/mol. The van der Waals surface area contributed by atoms with Gasteiger partial charge in [-0.25, -0.2) is 0 Å². The Labute approximate surface area is 182 Å². The van der Waals surface area contributed by atoms with Crippen molar-refractivity contribution in [3.05, 3.63) is 54.6 Å². The second-order valence-electron chi connectivity index (χ2n) is 7.03. The summed E-state index contributed by atoms with van der Waals surface area (Å²) in [7, 11) is 3.46. The number of hydrogen-bond donors (Lipinski definition) is 0. The molecule has 0 saturated carbocycles. The third kappa shape index (κ3) is 5.02. The highest BCUT2D eigenvalue weighted by Crippen LogP contribution is 2.29. The predicted molar refractivity (Wildman–Crippen MR) is 122 cm³/mol. The molecule has 0 aliphatic heterocycles. The lowest BCUT2D eigenvalue weighted by Crippen LogP contribution is -2.33. The van der Waals surface area contributed by atoms with Crippen molar-refractivity contribution >= 4 is 23.4 Å². The van der Waals surface area contributed by atoms with Gasteiger partial charge < -0.3 is 14.2 Å². The van der Waals surface area contributed by atoms with Gasteiger partial charge in [0, 0.05) is 24.8 Å². The van der Waals surface area contributed by atoms with E-state index in [9.17, 15) is 4.79 Å². The molecule has 0 fully saturated rings. The minimum Gasteiger partial charge on any atom is -0.497 e. The third-order valence-corrected chi connectivity index (χ3v) is 5.97. The molecule has 1 unspecified atom stereocenters. The van der Waals surface area contributed by atoms with E-state index in [1.54, 1.807) is 19.1 Å². The van der Waals surface area contributed by atoms with E-state index in [4.69, 9.17) is 4.74 Å². The van der Waals surface area contributed by atoms with Gasteiger partial charge in [-0.2, -0.15) is 0 Å². The van der Waals surface area contributed by atoms with Gasteiger partial charge in [-0.3, -0.25) is 4.79 Å². The molecule has 0 saturated heterocycles. The number of benzene rings is 2. The summed E-state index contributed by atoms with van der Waals surface area (Å²) in [5.74, 6) is 1.64. The van der Waals surface area contributed by atoms with Crippen molar-refractivity contribution in [1.82, 2.24) is 14.8 Å². The molecule has 3 rings (SSSR count). The molecule has 0 N–H and O–H groups in total. The summed E-state index contributed by atoms with van der Waals surface area (Å²) >= 11 is 1.45. The smallest absolute Gasteiger partial charge is 0.240 e. The summed E-state index contributed by atoms with van der Waals surface area (Å²) in [4.78, 5) is 14.6. The number of methoxy groups -OCH3 is 1. The predicted octanol–water partition coefficient (Wildman–Crippen LogP) is 4.90. The van der Waals surface area contributed by atoms with Gasteiger partial charge in [-0.15, -0.1) is 10.2 Å². The highest BCUT2D eigenvalue weighted by Gasteiger charge is 2.23. The molecule has 1 atom stereocenters. The molecule has 7 heteroatoms. The molecule has 0 spiro atoms. The number of amides is 1. The van der Waals surface area contributed by atoms with Gasteiger partial charge in [-0.1, -0.05) is 43.3 Å². The largest absolute Gasteiger partial charge is 0.497 e. The van der Waals surface area contributed by atoms with E-state index in [0.29, 0.717) is 0 Å². The van der Waals surface area contributed by atoms with Crippen molar-refractivity contribution in [1.29, 1.82) is 0 Å². The lowest BCUT2D eigenvalue weighted by Gasteiger charge is -2.21. The number of anilines is 1. The number of thioether (sulfide) groups is 1. The Morgan fingerprint density at radius 3 is 2.47 bits per heavy atom. The number of ether oxygens (including phenoxy) is 1. The van der Waals surface area contributed by atoms with E-state index in [-0.39, 0.29) is 11.2 Å². The fraction of sp³-hybridized carbons (Fsp3) is 0.348. The number of carbonyl (C=O) groups is 1. The normalized spacial score (nSPS) is 11.9. The van der Waals surface area contributed by atoms with Crippen LogP contribution in [-0.4, -0.2) is 40.1 Å². The molecule has 0 radical (unpaired) electrons. The maximum atomic E-state index is 13.0. The zero-order valence-corrected chi connectivity index (χ0v) is 18.7. The highest BCUT2D eigenvalue weighted by atomic mass is 32.2. The van der Waals surface area contributed by atoms with Crippen LogP contribution in [0.15, 0.2) is 59.8 Å². The monoisotopic (exact) mass is 424 g/mol. The van der Waals surface area contributed by atoms with E-state index in [1.807, 2.05) is 61.5 Å². The Morgan fingerprint density at radius 1 is 1.13 bits per heavy atom. The van der Waals surface area contributed by atoms with Crippen LogP contribution in [0.2, 0.25) is 0 Å². The standard InChI is InChI=1S/C23H28N4O2S/c1-5-6-16-27-21(18-12-14-20(29-4)15-13-18)24-25-23(27)30-17(2)22(28)26(3)19-10-8-7-9-11-19/h7-15,17H,5-6,16H2,1-4H3. The van der Waals surface area contributed by atoms with E-state index in [0.717, 1.165) is 47.4 Å². The maximum Gasteiger partial charge on any atom is 0.240 e. The van der Waals surface area contributed by atoms with Crippen LogP contribution in [-0.2, 0) is 11.3 Å². The van der Waals surface area contributed by atoms with Crippen LogP contribution in [0.1, 0.15) is 26.7 Å². The van der Waals surface area contributed by atoms with E-state index >= 15 is 0 Å². The van der Waals surface area contributed by atoms with Crippen LogP contribution in [0.25, 0.3) is 11.4 Å². The second kappa shape index (κ2) is 10.3. The van der Waals surface area contributed by atoms with Crippen molar-refractivity contribution in [2.75, 3.05) is 19.1 Å². The lowest BCUT2D eigenvalue weighted by atomic mass is 10.2. The molecule has 1 heterocycles. The van der Waals surface area contributed by atoms with Crippen molar-refractivity contribution in [2.24, 2.45) is 0 Å². The number of hydrogen-bond acceptors (Lipinski definition) is 5. The molecule has 1 amide bonds. The van der Waals surface area contributed by atoms with E-state index in [1.165, 1.54) is 11.8 Å². The van der Waals surface area contributed by atoms with E-state index < -0.39 is 0 Å². The number of aromatic nitrogens is 3. The Hall–Kier alpha value is -2.80. The highest BCUT2D eigenvalue weighted by molar-refractivity contribution is 8.00. The summed E-state index contributed by atoms with van der Waals surface area (Å²) in [5, 5.41) is 9.33. The summed E-state index contributed by atoms with van der Waals surface area (Å²) in [5.41, 5.74) is 1.85. The number of para-hydroxylation sites is 1. The van der Waals surface area contributed by atoms with Crippen LogP contribution in [0.5, 0.6) is 5.75 Å². The number of carbonyl (C=O) groups excluding carboxylic acids is 1. The van der Waals surface area contributed by atoms with Gasteiger partial charge in [0.25, 0.3) is 0 Å². The number of rotatable bonds is 9. The topological polar surface area (TPSA) is 60.2 Å². The lowest BCUT2D eigenvalue weighted by molar-refractivity contribution is -0.117. The third-order valence-electron chi connectivity index (χ3n) is 4.90. The SMILES string of the molecule is CCCCn1c(SC(C)C(=O)N(C)c2ccccc2)nnc1-c1ccc(OC)cc1. The average molecular weight is 425 g/mol. The molecule has 30 heavy (non-hydrogen) atoms. The van der Waals surface area contributed by atoms with Crippen LogP contribution in [0.3, 0.4) is 0 Å². The zero-order chi connectivity index (χ0) is 21.5. The number of nitrogens with zero attached hydrogens (tertiary/aromatic N) is 4. The van der Waals surface area contributed by atoms with E-state index in [2.05, 4.69) is 21.7 Å². The van der Waals surface area contributed by atoms with Gasteiger partial charge in [0.2, 0.25) is 5.91 Å². The van der Waals surface area contributed by atoms with Gasteiger partial charge in [0.1, 0.15) is 5.75 Å². The van der Waals surface area contributed by atoms with Gasteiger partial charge in [0.15, 0.2) is 11.0 Å². The Morgan fingerprint density at radius 2 is 1.83 bits per heavy atom. The van der Waals surface area contributed by atoms with Gasteiger partial charge in [0.05, 0.1) is 12.4 Å². The maximum absolute atomic E-state index is 13.0. The van der Waals surface area contributed by atoms with Crippen molar-refractivity contribution < 1.29 is 9.53 Å². The minimum absolute atomic E-state index is 0.0299. The van der Waals surface area contributed by atoms with Crippen LogP contribution < -0.4 is 9.64 Å². The molecular formula is C23H28N4O2S. The Kier molecular flexibility index (Phi) is 7.52. The molecule has 158 valence electrons. The average Bonchev–Trinajstić information content (AvgIpc) is 3.19. The van der Waals surface area contributed by atoms with Crippen molar-refractivity contribution in [2.45, 2.75) is 43.6 Å². The molecule has 1 aromatic heterocycles. The first-order valence-electron chi connectivity index (χ1n) is 10.1. The van der Waals surface area contributed by atoms with Crippen LogP contribution in [0.4, 0.5) is 5.69 Å². The summed E-state index contributed by atoms with van der Waals surface area (Å²) < 4.78 is 7.37. The quantitative estimate of drug-likeness (QED) is 0.457. The molecule has 0 aliphatic rings. The van der Waals surface area contributed by atoms with Crippen molar-refractivity contribution in [3.8, 4) is 17.1 Å². The summed E-state index contributed by atoms with van der Waals surface area (Å²) in [6.07, 6.45) is 2.08. The molecule has 6 nitrogen and oxygen atoms in total. The fourth-order valence-corrected chi connectivity index (χ4v) is 4.08. The Balaban J connectivity index is 1.82. The Bertz CT molecular complexity index is 957. The van der Waals surface area contributed by atoms with Crippen LogP contribution in [0, 0.1) is 0 Å². The first-order chi connectivity index (χ1) is 14.5. The van der Waals surface area contributed by atoms with Crippen molar-refractivity contribution in [3.63, 3.8) is 0 Å². The van der Waals surface area contributed by atoms with Gasteiger partial charge >= 0.3 is 0 Å². The molecule has 3 aromatic rings. The first kappa shape index (κ1) is 21.9. The molecule has 0 aliphatic carbocycles. The summed E-state index contributed by atoms with van der Waals surface area (Å²) in [6.45, 7) is 4.88. The second-order valence-corrected chi connectivity index (χ2v) is 8.34. The van der Waals surface area contributed by atoms with Crippen LogP contribution >= 0.6 is 11.8 Å². The summed E-state index contributed by atoms with van der Waals surface area (Å²) in [6, 6.07) is 17.5. The molecule has 0 bridgehead atoms. The first-order valence-corrected chi connectivity index (χ1v) is 11.0. The minimum atomic E-state index is -0.288.